The SMILES string of the molecule is COc1cc(C)cc(OC)c1S(=O)(=O)c1ccc(CNC(=O)C2CC3CNCCC3N2)cc1. The molecule has 3 unspecified atom stereocenters. The third kappa shape index (κ3) is 4.85. The van der Waals surface area contributed by atoms with E-state index in [4.69, 9.17) is 9.47 Å². The summed E-state index contributed by atoms with van der Waals surface area (Å²) in [6, 6.07) is 10.1. The molecule has 0 saturated carbocycles. The van der Waals surface area contributed by atoms with Gasteiger partial charge in [-0.25, -0.2) is 8.42 Å². The Morgan fingerprint density at radius 1 is 1.12 bits per heavy atom. The van der Waals surface area contributed by atoms with Gasteiger partial charge in [0.15, 0.2) is 4.90 Å². The molecule has 1 amide bonds. The number of amides is 1. The van der Waals surface area contributed by atoms with Gasteiger partial charge in [-0.15, -0.1) is 0 Å². The van der Waals surface area contributed by atoms with Crippen molar-refractivity contribution in [2.24, 2.45) is 5.92 Å². The number of benzene rings is 2. The van der Waals surface area contributed by atoms with Crippen LogP contribution in [-0.2, 0) is 21.2 Å². The first-order chi connectivity index (χ1) is 15.8. The first-order valence-corrected chi connectivity index (χ1v) is 12.6. The Bertz CT molecular complexity index is 1080. The number of fused-ring (bicyclic) bond motifs is 1. The number of aryl methyl sites for hydroxylation is 1. The van der Waals surface area contributed by atoms with Gasteiger partial charge < -0.3 is 25.4 Å². The summed E-state index contributed by atoms with van der Waals surface area (Å²) in [5.74, 6) is 0.955. The molecule has 0 bridgehead atoms. The molecule has 0 aliphatic carbocycles. The Balaban J connectivity index is 1.45. The van der Waals surface area contributed by atoms with Gasteiger partial charge in [-0.05, 0) is 74.2 Å². The Labute approximate surface area is 195 Å². The van der Waals surface area contributed by atoms with E-state index in [9.17, 15) is 13.2 Å². The summed E-state index contributed by atoms with van der Waals surface area (Å²) in [6.45, 7) is 4.12. The van der Waals surface area contributed by atoms with Crippen LogP contribution in [0.5, 0.6) is 11.5 Å². The molecule has 2 fully saturated rings. The zero-order valence-electron chi connectivity index (χ0n) is 19.2. The average molecular weight is 474 g/mol. The lowest BCUT2D eigenvalue weighted by Crippen LogP contribution is -2.45. The van der Waals surface area contributed by atoms with Crippen LogP contribution < -0.4 is 25.4 Å². The van der Waals surface area contributed by atoms with E-state index < -0.39 is 9.84 Å². The molecule has 2 aliphatic rings. The topological polar surface area (TPSA) is 106 Å². The van der Waals surface area contributed by atoms with E-state index in [-0.39, 0.29) is 33.2 Å². The van der Waals surface area contributed by atoms with Crippen molar-refractivity contribution in [2.75, 3.05) is 27.3 Å². The van der Waals surface area contributed by atoms with E-state index in [0.29, 0.717) is 18.5 Å². The normalized spacial score (nSPS) is 22.5. The summed E-state index contributed by atoms with van der Waals surface area (Å²) in [7, 11) is -1.000. The molecule has 0 radical (unpaired) electrons. The molecule has 2 aliphatic heterocycles. The third-order valence-corrected chi connectivity index (χ3v) is 8.28. The lowest BCUT2D eigenvalue weighted by Gasteiger charge is -2.25. The third-order valence-electron chi connectivity index (χ3n) is 6.45. The van der Waals surface area contributed by atoms with Gasteiger partial charge in [-0.3, -0.25) is 4.79 Å². The van der Waals surface area contributed by atoms with E-state index in [0.717, 1.165) is 37.1 Å². The molecule has 33 heavy (non-hydrogen) atoms. The van der Waals surface area contributed by atoms with Crippen molar-refractivity contribution in [1.29, 1.82) is 0 Å². The zero-order valence-corrected chi connectivity index (χ0v) is 20.0. The maximum Gasteiger partial charge on any atom is 0.237 e. The highest BCUT2D eigenvalue weighted by Crippen LogP contribution is 2.38. The summed E-state index contributed by atoms with van der Waals surface area (Å²) < 4.78 is 37.3. The zero-order chi connectivity index (χ0) is 23.6. The minimum absolute atomic E-state index is 0.00224. The van der Waals surface area contributed by atoms with E-state index in [1.165, 1.54) is 14.2 Å². The fraction of sp³-hybridized carbons (Fsp3) is 0.458. The monoisotopic (exact) mass is 473 g/mol. The number of ether oxygens (including phenoxy) is 2. The fourth-order valence-electron chi connectivity index (χ4n) is 4.69. The van der Waals surface area contributed by atoms with Crippen molar-refractivity contribution in [1.82, 2.24) is 16.0 Å². The smallest absolute Gasteiger partial charge is 0.237 e. The molecule has 0 spiro atoms. The predicted molar refractivity (Wildman–Crippen MR) is 124 cm³/mol. The molecule has 4 rings (SSSR count). The van der Waals surface area contributed by atoms with E-state index >= 15 is 0 Å². The molecule has 3 atom stereocenters. The van der Waals surface area contributed by atoms with Crippen LogP contribution in [0.4, 0.5) is 0 Å². The lowest BCUT2D eigenvalue weighted by molar-refractivity contribution is -0.123. The van der Waals surface area contributed by atoms with Gasteiger partial charge >= 0.3 is 0 Å². The van der Waals surface area contributed by atoms with Gasteiger partial charge in [0.2, 0.25) is 15.7 Å². The number of sulfone groups is 1. The molecule has 2 aromatic rings. The van der Waals surface area contributed by atoms with Crippen molar-refractivity contribution in [3.63, 3.8) is 0 Å². The molecule has 3 N–H and O–H groups in total. The number of methoxy groups -OCH3 is 2. The molecule has 178 valence electrons. The molecule has 2 aromatic carbocycles. The standard InChI is InChI=1S/C24H31N3O5S/c1-15-10-21(31-2)23(22(11-15)32-3)33(29,30)18-6-4-16(5-7-18)13-26-24(28)20-12-17-14-25-9-8-19(17)27-20/h4-7,10-11,17,19-20,25,27H,8-9,12-14H2,1-3H3,(H,26,28). The number of piperidine rings is 1. The summed E-state index contributed by atoms with van der Waals surface area (Å²) in [4.78, 5) is 12.8. The summed E-state index contributed by atoms with van der Waals surface area (Å²) in [5.41, 5.74) is 1.66. The predicted octanol–water partition coefficient (Wildman–Crippen LogP) is 1.80. The Morgan fingerprint density at radius 2 is 1.79 bits per heavy atom. The molecule has 9 heteroatoms. The van der Waals surface area contributed by atoms with Crippen molar-refractivity contribution < 1.29 is 22.7 Å². The number of hydrogen-bond donors (Lipinski definition) is 3. The van der Waals surface area contributed by atoms with Gasteiger partial charge in [0.05, 0.1) is 25.2 Å². The van der Waals surface area contributed by atoms with Crippen LogP contribution in [-0.4, -0.2) is 53.7 Å². The van der Waals surface area contributed by atoms with Crippen LogP contribution >= 0.6 is 0 Å². The van der Waals surface area contributed by atoms with Crippen LogP contribution in [0.15, 0.2) is 46.2 Å². The molecular formula is C24H31N3O5S. The van der Waals surface area contributed by atoms with Crippen molar-refractivity contribution in [2.45, 2.75) is 48.2 Å². The maximum atomic E-state index is 13.3. The first-order valence-electron chi connectivity index (χ1n) is 11.1. The number of rotatable bonds is 7. The number of hydrogen-bond acceptors (Lipinski definition) is 7. The Hall–Kier alpha value is -2.62. The molecule has 2 heterocycles. The largest absolute Gasteiger partial charge is 0.495 e. The first kappa shape index (κ1) is 23.5. The minimum Gasteiger partial charge on any atom is -0.495 e. The van der Waals surface area contributed by atoms with Crippen LogP contribution in [0, 0.1) is 12.8 Å². The van der Waals surface area contributed by atoms with Gasteiger partial charge in [0.25, 0.3) is 0 Å². The summed E-state index contributed by atoms with van der Waals surface area (Å²) in [6.07, 6.45) is 1.88. The van der Waals surface area contributed by atoms with E-state index in [1.807, 2.05) is 6.92 Å². The molecular weight excluding hydrogens is 442 g/mol. The molecule has 2 saturated heterocycles. The second-order valence-electron chi connectivity index (χ2n) is 8.68. The number of carbonyl (C=O) groups excluding carboxylic acids is 1. The quantitative estimate of drug-likeness (QED) is 0.563. The maximum absolute atomic E-state index is 13.3. The molecule has 8 nitrogen and oxygen atoms in total. The van der Waals surface area contributed by atoms with Gasteiger partial charge in [-0.2, -0.15) is 0 Å². The fourth-order valence-corrected chi connectivity index (χ4v) is 6.24. The van der Waals surface area contributed by atoms with Crippen molar-refractivity contribution in [3.8, 4) is 11.5 Å². The van der Waals surface area contributed by atoms with Crippen LogP contribution in [0.25, 0.3) is 0 Å². The van der Waals surface area contributed by atoms with E-state index in [1.54, 1.807) is 36.4 Å². The van der Waals surface area contributed by atoms with Crippen molar-refractivity contribution >= 4 is 15.7 Å². The van der Waals surface area contributed by atoms with Crippen LogP contribution in [0.1, 0.15) is 24.0 Å². The Kier molecular flexibility index (Phi) is 6.92. The second-order valence-corrected chi connectivity index (χ2v) is 10.6. The minimum atomic E-state index is -3.87. The molecule has 0 aromatic heterocycles. The summed E-state index contributed by atoms with van der Waals surface area (Å²) >= 11 is 0. The highest BCUT2D eigenvalue weighted by molar-refractivity contribution is 7.91. The lowest BCUT2D eigenvalue weighted by atomic mass is 9.94. The van der Waals surface area contributed by atoms with Gasteiger partial charge in [0.1, 0.15) is 11.5 Å². The highest BCUT2D eigenvalue weighted by atomic mass is 32.2. The summed E-state index contributed by atoms with van der Waals surface area (Å²) in [5, 5.41) is 9.80. The van der Waals surface area contributed by atoms with E-state index in [2.05, 4.69) is 16.0 Å². The second kappa shape index (κ2) is 9.70. The average Bonchev–Trinajstić information content (AvgIpc) is 3.26. The van der Waals surface area contributed by atoms with Crippen LogP contribution in [0.3, 0.4) is 0 Å². The number of carbonyl (C=O) groups is 1. The number of nitrogens with one attached hydrogen (secondary N) is 3. The Morgan fingerprint density at radius 3 is 2.39 bits per heavy atom. The highest BCUT2D eigenvalue weighted by Gasteiger charge is 2.38. The van der Waals surface area contributed by atoms with Crippen LogP contribution in [0.2, 0.25) is 0 Å². The van der Waals surface area contributed by atoms with Crippen molar-refractivity contribution in [3.05, 3.63) is 47.5 Å². The van der Waals surface area contributed by atoms with Gasteiger partial charge in [0, 0.05) is 12.6 Å². The van der Waals surface area contributed by atoms with Gasteiger partial charge in [-0.1, -0.05) is 12.1 Å².